The van der Waals surface area contributed by atoms with Crippen LogP contribution in [0.3, 0.4) is 0 Å². The Hall–Kier alpha value is -7.43. The van der Waals surface area contributed by atoms with Crippen molar-refractivity contribution in [1.82, 2.24) is 14.5 Å². The van der Waals surface area contributed by atoms with Crippen molar-refractivity contribution in [3.05, 3.63) is 210 Å². The fourth-order valence-corrected chi connectivity index (χ4v) is 9.61. The number of pyridine rings is 2. The molecular weight excluding hydrogens is 717 g/mol. The molecule has 4 nitrogen and oxygen atoms in total. The molecule has 2 aliphatic rings. The van der Waals surface area contributed by atoms with E-state index >= 15 is 0 Å². The largest absolute Gasteiger partial charge is 0.309 e. The van der Waals surface area contributed by atoms with Crippen LogP contribution in [0.5, 0.6) is 0 Å². The summed E-state index contributed by atoms with van der Waals surface area (Å²) in [4.78, 5) is 16.1. The normalized spacial score (nSPS) is 14.8. The van der Waals surface area contributed by atoms with Crippen LogP contribution in [-0.2, 0) is 6.42 Å². The Bertz CT molecular complexity index is 3320. The number of allylic oxidation sites excluding steroid dienone is 1. The van der Waals surface area contributed by atoms with Gasteiger partial charge in [-0.15, -0.1) is 0 Å². The molecule has 0 bridgehead atoms. The Labute approximate surface area is 342 Å². The number of benzene rings is 7. The number of nitrogens with zero attached hydrogens (tertiary/aromatic N) is 4. The zero-order valence-electron chi connectivity index (χ0n) is 32.4. The number of aromatic nitrogens is 3. The molecule has 1 aliphatic carbocycles. The minimum atomic E-state index is 0.0935. The average Bonchev–Trinajstić information content (AvgIpc) is 3.66. The summed E-state index contributed by atoms with van der Waals surface area (Å²) in [6.07, 6.45) is 7.44. The van der Waals surface area contributed by atoms with Crippen LogP contribution in [0.4, 0.5) is 5.69 Å². The molecule has 278 valence electrons. The van der Waals surface area contributed by atoms with Crippen molar-refractivity contribution in [3.63, 3.8) is 0 Å². The zero-order valence-corrected chi connectivity index (χ0v) is 32.4. The molecule has 0 spiro atoms. The molecule has 0 saturated carbocycles. The molecule has 0 radical (unpaired) electrons. The van der Waals surface area contributed by atoms with Crippen LogP contribution in [-0.4, -0.2) is 20.2 Å². The van der Waals surface area contributed by atoms with E-state index in [9.17, 15) is 0 Å². The standard InChI is InChI=1S/C55H38N4/c1-4-13-36(14-5-1)46-32-29-39-27-28-40-30-33-47(57-54(40)53(39)56-46)37-25-23-35(24-26-37)42-20-12-21-44-50-45(52(58-55(42)44)38-15-6-2-7-16-38)31-34-49-51(50)43-19-10-11-22-48(43)59(49)41-17-8-3-9-18-41/h1-19,21-28,30-31,33-34,42H,20,29,32H2. The van der Waals surface area contributed by atoms with Crippen molar-refractivity contribution in [2.75, 3.05) is 0 Å². The molecular formula is C55H38N4. The van der Waals surface area contributed by atoms with Crippen molar-refractivity contribution in [2.45, 2.75) is 25.2 Å². The number of hydrogen-bond donors (Lipinski definition) is 0. The molecule has 0 saturated heterocycles. The van der Waals surface area contributed by atoms with Crippen LogP contribution in [0.25, 0.3) is 77.8 Å². The molecule has 1 aliphatic heterocycles. The van der Waals surface area contributed by atoms with Gasteiger partial charge in [-0.1, -0.05) is 158 Å². The maximum Gasteiger partial charge on any atom is 0.0968 e. The fourth-order valence-electron chi connectivity index (χ4n) is 9.61. The first kappa shape index (κ1) is 33.7. The first-order valence-electron chi connectivity index (χ1n) is 20.6. The molecule has 0 amide bonds. The highest BCUT2D eigenvalue weighted by Gasteiger charge is 2.27. The minimum absolute atomic E-state index is 0.0935. The summed E-state index contributed by atoms with van der Waals surface area (Å²) in [5, 5.41) is 6.06. The van der Waals surface area contributed by atoms with E-state index in [1.807, 2.05) is 0 Å². The highest BCUT2D eigenvalue weighted by molar-refractivity contribution is 6.25. The van der Waals surface area contributed by atoms with Gasteiger partial charge in [0.2, 0.25) is 0 Å². The quantitative estimate of drug-likeness (QED) is 0.176. The maximum atomic E-state index is 5.62. The van der Waals surface area contributed by atoms with Gasteiger partial charge in [0.05, 0.1) is 39.3 Å². The summed E-state index contributed by atoms with van der Waals surface area (Å²) in [7, 11) is 0. The second-order valence-electron chi connectivity index (χ2n) is 15.8. The third-order valence-electron chi connectivity index (χ3n) is 12.4. The lowest BCUT2D eigenvalue weighted by Gasteiger charge is -2.25. The molecule has 59 heavy (non-hydrogen) atoms. The molecule has 0 fully saturated rings. The second kappa shape index (κ2) is 13.6. The maximum absolute atomic E-state index is 5.62. The molecule has 12 rings (SSSR count). The molecule has 10 aromatic rings. The lowest BCUT2D eigenvalue weighted by molar-refractivity contribution is 0.788. The van der Waals surface area contributed by atoms with Gasteiger partial charge in [-0.3, -0.25) is 9.98 Å². The smallest absolute Gasteiger partial charge is 0.0968 e. The lowest BCUT2D eigenvalue weighted by Crippen LogP contribution is -2.10. The zero-order chi connectivity index (χ0) is 38.9. The fraction of sp³-hybridized carbons (Fsp3) is 0.0727. The van der Waals surface area contributed by atoms with Gasteiger partial charge in [-0.2, -0.15) is 0 Å². The van der Waals surface area contributed by atoms with Gasteiger partial charge in [-0.05, 0) is 66.3 Å². The third kappa shape index (κ3) is 5.48. The van der Waals surface area contributed by atoms with Gasteiger partial charge in [-0.25, -0.2) is 4.98 Å². The van der Waals surface area contributed by atoms with E-state index in [1.165, 1.54) is 54.8 Å². The Morgan fingerprint density at radius 2 is 1.25 bits per heavy atom. The summed E-state index contributed by atoms with van der Waals surface area (Å²) in [5.74, 6) is 0.0935. The lowest BCUT2D eigenvalue weighted by atomic mass is 9.82. The van der Waals surface area contributed by atoms with Crippen molar-refractivity contribution in [3.8, 4) is 28.2 Å². The van der Waals surface area contributed by atoms with E-state index in [1.54, 1.807) is 0 Å². The predicted molar refractivity (Wildman–Crippen MR) is 245 cm³/mol. The Morgan fingerprint density at radius 3 is 2.07 bits per heavy atom. The number of hydrogen-bond acceptors (Lipinski definition) is 3. The van der Waals surface area contributed by atoms with Gasteiger partial charge in [0.15, 0.2) is 0 Å². The van der Waals surface area contributed by atoms with Gasteiger partial charge in [0, 0.05) is 60.9 Å². The summed E-state index contributed by atoms with van der Waals surface area (Å²) in [5.41, 5.74) is 16.9. The first-order valence-corrected chi connectivity index (χ1v) is 20.6. The van der Waals surface area contributed by atoms with E-state index in [0.29, 0.717) is 0 Å². The molecule has 3 aromatic heterocycles. The minimum Gasteiger partial charge on any atom is -0.309 e. The van der Waals surface area contributed by atoms with E-state index < -0.39 is 0 Å². The van der Waals surface area contributed by atoms with Gasteiger partial charge >= 0.3 is 0 Å². The van der Waals surface area contributed by atoms with Crippen molar-refractivity contribution < 1.29 is 0 Å². The number of aryl methyl sites for hydroxylation is 1. The van der Waals surface area contributed by atoms with Crippen LogP contribution < -0.4 is 0 Å². The van der Waals surface area contributed by atoms with Crippen LogP contribution >= 0.6 is 0 Å². The Kier molecular flexibility index (Phi) is 7.77. The van der Waals surface area contributed by atoms with E-state index in [-0.39, 0.29) is 5.92 Å². The van der Waals surface area contributed by atoms with Gasteiger partial charge in [0.25, 0.3) is 0 Å². The Morgan fingerprint density at radius 1 is 0.525 bits per heavy atom. The van der Waals surface area contributed by atoms with Crippen LogP contribution in [0, 0.1) is 0 Å². The van der Waals surface area contributed by atoms with E-state index in [4.69, 9.17) is 15.0 Å². The third-order valence-corrected chi connectivity index (χ3v) is 12.4. The second-order valence-corrected chi connectivity index (χ2v) is 15.8. The number of para-hydroxylation sites is 2. The number of aliphatic imine (C=N–C) groups is 1. The molecule has 7 aromatic carbocycles. The molecule has 1 atom stereocenters. The highest BCUT2D eigenvalue weighted by Crippen LogP contribution is 2.46. The summed E-state index contributed by atoms with van der Waals surface area (Å²) >= 11 is 0. The van der Waals surface area contributed by atoms with E-state index in [0.717, 1.165) is 75.5 Å². The molecule has 1 unspecified atom stereocenters. The van der Waals surface area contributed by atoms with Crippen LogP contribution in [0.15, 0.2) is 187 Å². The van der Waals surface area contributed by atoms with Crippen molar-refractivity contribution in [1.29, 1.82) is 0 Å². The van der Waals surface area contributed by atoms with Gasteiger partial charge < -0.3 is 4.57 Å². The van der Waals surface area contributed by atoms with Crippen molar-refractivity contribution >= 4 is 61.0 Å². The Balaban J connectivity index is 1.00. The summed E-state index contributed by atoms with van der Waals surface area (Å²) in [6, 6.07) is 63.2. The average molecular weight is 755 g/mol. The van der Waals surface area contributed by atoms with Crippen LogP contribution in [0.1, 0.15) is 46.7 Å². The SMILES string of the molecule is C1=Cc2c(nc(-c3ccccc3)c3ccc4c(c5ccccc5n4-c4ccccc4)c23)C(c2ccc(-c3ccc4ccc5c(c4n3)N=C(c3ccccc3)CC5)cc2)C1. The van der Waals surface area contributed by atoms with Crippen molar-refractivity contribution in [2.24, 2.45) is 4.99 Å². The van der Waals surface area contributed by atoms with E-state index in [2.05, 4.69) is 193 Å². The summed E-state index contributed by atoms with van der Waals surface area (Å²) < 4.78 is 2.41. The molecule has 4 heterocycles. The predicted octanol–water partition coefficient (Wildman–Crippen LogP) is 13.8. The van der Waals surface area contributed by atoms with Gasteiger partial charge in [0.1, 0.15) is 0 Å². The summed E-state index contributed by atoms with van der Waals surface area (Å²) in [6.45, 7) is 0. The molecule has 0 N–H and O–H groups in total. The van der Waals surface area contributed by atoms with Crippen LogP contribution in [0.2, 0.25) is 0 Å². The number of rotatable bonds is 5. The molecule has 4 heteroatoms. The number of fused-ring (bicyclic) bond motifs is 10. The highest BCUT2D eigenvalue weighted by atomic mass is 15.0. The first-order chi connectivity index (χ1) is 29.3. The topological polar surface area (TPSA) is 43.1 Å². The monoisotopic (exact) mass is 754 g/mol.